The predicted octanol–water partition coefficient (Wildman–Crippen LogP) is 13.0. The van der Waals surface area contributed by atoms with E-state index in [1.165, 1.54) is 22.3 Å². The van der Waals surface area contributed by atoms with Crippen molar-refractivity contribution in [2.45, 2.75) is 212 Å². The molecule has 0 saturated carbocycles. The number of ketones is 4. The molecular weight excluding hydrogens is 1890 g/mol. The van der Waals surface area contributed by atoms with Gasteiger partial charge in [-0.05, 0) is 222 Å². The van der Waals surface area contributed by atoms with Crippen molar-refractivity contribution in [3.63, 3.8) is 0 Å². The van der Waals surface area contributed by atoms with Crippen molar-refractivity contribution in [1.29, 1.82) is 0 Å². The van der Waals surface area contributed by atoms with Crippen LogP contribution >= 0.6 is 11.6 Å². The number of aryl methyl sites for hydroxylation is 5. The van der Waals surface area contributed by atoms with E-state index in [1.807, 2.05) is 91.0 Å². The minimum Gasteiger partial charge on any atom is -0.379 e. The molecule has 8 saturated heterocycles. The van der Waals surface area contributed by atoms with Gasteiger partial charge in [0.2, 0.25) is 23.6 Å². The quantitative estimate of drug-likeness (QED) is 0.0297. The maximum absolute atomic E-state index is 12.9. The number of likely N-dealkylation sites (N-methyl/N-ethyl adjacent to an activating group) is 1. The zero-order valence-corrected chi connectivity index (χ0v) is 86.3. The summed E-state index contributed by atoms with van der Waals surface area (Å²) in [7, 11) is 2.17. The zero-order chi connectivity index (χ0) is 104. The molecule has 0 bridgehead atoms. The fourth-order valence-electron chi connectivity index (χ4n) is 21.7. The first-order valence-corrected chi connectivity index (χ1v) is 53.0. The van der Waals surface area contributed by atoms with Crippen LogP contribution in [0.4, 0.5) is 0 Å². The Labute approximate surface area is 873 Å². The van der Waals surface area contributed by atoms with E-state index in [0.29, 0.717) is 205 Å². The average molecular weight is 2030 g/mol. The first kappa shape index (κ1) is 106. The summed E-state index contributed by atoms with van der Waals surface area (Å²) in [6, 6.07) is 50.4. The predicted molar refractivity (Wildman–Crippen MR) is 566 cm³/mol. The Hall–Kier alpha value is -12.9. The first-order chi connectivity index (χ1) is 71.5. The Balaban J connectivity index is 0.000000135. The number of hydrogen-bond donors (Lipinski definition) is 4. The Kier molecular flexibility index (Phi) is 35.9. The highest BCUT2D eigenvalue weighted by Crippen LogP contribution is 2.37. The van der Waals surface area contributed by atoms with Gasteiger partial charge in [0.25, 0.3) is 23.6 Å². The van der Waals surface area contributed by atoms with Crippen molar-refractivity contribution < 1.29 is 71.7 Å². The number of amides is 8. The minimum absolute atomic E-state index is 0.0960. The van der Waals surface area contributed by atoms with Gasteiger partial charge in [-0.25, -0.2) is 0 Å². The second-order valence-electron chi connectivity index (χ2n) is 41.5. The SMILES string of the molecule is C=C1CCC(N2Cc3cc(CCC(=O)Cc4ccc(CCN5CCOCC5)cc4)ccc3C2=O)C(=O)N1.C=C1CCC(N2Cc3cc(CCC(=O)Cc4ccc(CN5CCN(C)CC5)cc4)ccc3C2=O)C(=O)N1.C=C1CCC(N2Cc3cc(CCC(=O)Cc4ccc(CN5CCOCC5)c(C)c4)ccc3C2=O)C(=O)N1.C=C1CCC(N2Cc3cc(CCC(=O)Cc4ccc(CN5CCOCC5)c(Cl)c4)ccc3C2=O)C(=O)N1. The molecule has 12 aliphatic rings. The molecule has 0 aromatic heterocycles. The number of nitrogens with one attached hydrogen (secondary N) is 4. The van der Waals surface area contributed by atoms with Crippen molar-refractivity contribution >= 4 is 82.0 Å². The highest BCUT2D eigenvalue weighted by Gasteiger charge is 2.43. The van der Waals surface area contributed by atoms with E-state index in [-0.39, 0.29) is 70.4 Å². The number of morpholine rings is 3. The number of halogens is 1. The fraction of sp³-hybridized carbons (Fsp3) is 0.429. The summed E-state index contributed by atoms with van der Waals surface area (Å²) in [6.07, 6.45) is 12.1. The summed E-state index contributed by atoms with van der Waals surface area (Å²) in [6.45, 7) is 37.6. The number of allylic oxidation sites excluding steroid dienone is 4. The number of piperidine rings is 4. The second kappa shape index (κ2) is 50.0. The van der Waals surface area contributed by atoms with Crippen molar-refractivity contribution in [2.75, 3.05) is 119 Å². The second-order valence-corrected chi connectivity index (χ2v) is 41.9. The van der Waals surface area contributed by atoms with Gasteiger partial charge in [0.05, 0.1) is 39.6 Å². The smallest absolute Gasteiger partial charge is 0.255 e. The van der Waals surface area contributed by atoms with Crippen LogP contribution in [0.2, 0.25) is 5.02 Å². The van der Waals surface area contributed by atoms with Crippen molar-refractivity contribution in [2.24, 2.45) is 0 Å². The molecule has 148 heavy (non-hydrogen) atoms. The number of hydrogen-bond acceptors (Lipinski definition) is 20. The summed E-state index contributed by atoms with van der Waals surface area (Å²) >= 11 is 6.52. The third-order valence-corrected chi connectivity index (χ3v) is 30.9. The van der Waals surface area contributed by atoms with E-state index in [9.17, 15) is 57.5 Å². The normalized spacial score (nSPS) is 20.3. The van der Waals surface area contributed by atoms with Crippen LogP contribution in [0.1, 0.15) is 213 Å². The van der Waals surface area contributed by atoms with Crippen LogP contribution < -0.4 is 21.3 Å². The van der Waals surface area contributed by atoms with Crippen molar-refractivity contribution in [3.8, 4) is 0 Å². The van der Waals surface area contributed by atoms with E-state index < -0.39 is 24.2 Å². The summed E-state index contributed by atoms with van der Waals surface area (Å²) < 4.78 is 16.2. The van der Waals surface area contributed by atoms with Gasteiger partial charge < -0.3 is 60.0 Å². The van der Waals surface area contributed by atoms with E-state index >= 15 is 0 Å². The van der Waals surface area contributed by atoms with Gasteiger partial charge in [-0.15, -0.1) is 0 Å². The molecule has 4 atom stereocenters. The molecule has 8 fully saturated rings. The lowest BCUT2D eigenvalue weighted by Gasteiger charge is -2.32. The Morgan fingerprint density at radius 1 is 0.318 bits per heavy atom. The molecule has 4 unspecified atom stereocenters. The maximum atomic E-state index is 12.9. The minimum atomic E-state index is -0.470. The van der Waals surface area contributed by atoms with Crippen LogP contribution in [-0.2, 0) is 156 Å². The summed E-state index contributed by atoms with van der Waals surface area (Å²) in [4.78, 5) is 171. The highest BCUT2D eigenvalue weighted by atomic mass is 35.5. The lowest BCUT2D eigenvalue weighted by molar-refractivity contribution is -0.127. The number of Topliss-reactive ketones (excluding diaryl/α,β-unsaturated/α-hetero) is 4. The Morgan fingerprint density at radius 2 is 0.601 bits per heavy atom. The summed E-state index contributed by atoms with van der Waals surface area (Å²) in [5.41, 5.74) is 23.5. The van der Waals surface area contributed by atoms with Gasteiger partial charge in [-0.1, -0.05) is 165 Å². The van der Waals surface area contributed by atoms with E-state index in [0.717, 1.165) is 210 Å². The van der Waals surface area contributed by atoms with Crippen molar-refractivity contribution in [3.05, 3.63) is 329 Å². The highest BCUT2D eigenvalue weighted by molar-refractivity contribution is 6.31. The maximum Gasteiger partial charge on any atom is 0.255 e. The number of rotatable bonds is 33. The molecule has 29 heteroatoms. The van der Waals surface area contributed by atoms with Crippen LogP contribution in [-0.4, -0.2) is 257 Å². The van der Waals surface area contributed by atoms with Gasteiger partial charge >= 0.3 is 0 Å². The van der Waals surface area contributed by atoms with Crippen LogP contribution in [0.15, 0.2) is 207 Å². The standard InChI is InChI=1S/C30H36N4O3.2C30H35N3O4.C29H32ClN3O4/c1-21-3-12-28(29(36)31-21)34-20-25-17-22(9-11-27(25)30(34)37)8-10-26(35)18-23-4-6-24(7-5-23)19-33-15-13-32(2)14-16-33;1-20-15-23(4-7-24(20)18-32-11-13-37-14-12-32)17-26(34)8-5-22-6-9-27-25(16-22)19-33(30(27)36)28-10-3-21(2)31-29(28)35;1-21-2-11-28(29(35)31-21)33-20-25-18-23(8-10-27(25)30(33)36)7-9-26(34)19-24-5-3-22(4-6-24)12-13-32-14-16-37-17-15-32;1-19-2-9-27(28(35)31-19)33-18-23-14-20(5-8-25(23)29(33)36)4-7-24(34)15-21-3-6-22(26(30)16-21)17-32-10-12-37-13-11-32/h4-7,9,11,17,28H,1,3,8,10,12-16,18-20H2,2H3,(H,31,36);4,6-7,9,15-16,28H,2-3,5,8,10-14,17-19H2,1H3,(H,31,35);3-6,8,10,18,28H,1-2,7,9,11-17,19-20H2,(H,31,35);3,5-6,8,14,16,27H,1-2,4,7,9-13,15,17-18H2,(H,31,35). The average Bonchev–Trinajstić information content (AvgIpc) is 1.64. The monoisotopic (exact) mass is 2020 g/mol. The van der Waals surface area contributed by atoms with E-state index in [1.54, 1.807) is 19.6 Å². The lowest BCUT2D eigenvalue weighted by atomic mass is 9.98. The molecule has 20 rings (SSSR count). The van der Waals surface area contributed by atoms with Gasteiger partial charge in [0.1, 0.15) is 47.3 Å². The molecule has 12 aliphatic heterocycles. The third kappa shape index (κ3) is 28.0. The molecule has 12 heterocycles. The Bertz CT molecular complexity index is 6180. The van der Waals surface area contributed by atoms with Crippen LogP contribution in [0, 0.1) is 6.92 Å². The first-order valence-electron chi connectivity index (χ1n) is 52.6. The van der Waals surface area contributed by atoms with Gasteiger partial charge in [-0.2, -0.15) is 0 Å². The molecule has 0 radical (unpaired) electrons. The molecule has 8 aromatic rings. The van der Waals surface area contributed by atoms with Crippen LogP contribution in [0.25, 0.3) is 0 Å². The van der Waals surface area contributed by atoms with E-state index in [2.05, 4.69) is 153 Å². The topological polar surface area (TPSA) is 310 Å². The molecule has 4 N–H and O–H groups in total. The van der Waals surface area contributed by atoms with Crippen LogP contribution in [0.3, 0.4) is 0 Å². The zero-order valence-electron chi connectivity index (χ0n) is 85.5. The van der Waals surface area contributed by atoms with E-state index in [4.69, 9.17) is 25.8 Å². The summed E-state index contributed by atoms with van der Waals surface area (Å²) in [5, 5.41) is 11.8. The molecular formula is C119H138ClN13O15. The molecule has 28 nitrogen and oxygen atoms in total. The molecule has 8 amide bonds. The van der Waals surface area contributed by atoms with Gasteiger partial charge in [0.15, 0.2) is 0 Å². The number of benzene rings is 8. The Morgan fingerprint density at radius 3 is 0.932 bits per heavy atom. The number of carbonyl (C=O) groups excluding carboxylic acids is 12. The number of ether oxygens (including phenoxy) is 3. The van der Waals surface area contributed by atoms with Gasteiger partial charge in [-0.3, -0.25) is 77.1 Å². The fourth-order valence-corrected chi connectivity index (χ4v) is 22.0. The number of nitrogens with zero attached hydrogens (tertiary/aromatic N) is 9. The number of carbonyl (C=O) groups is 12. The molecule has 0 spiro atoms. The van der Waals surface area contributed by atoms with Gasteiger partial charge in [0, 0.05) is 219 Å². The van der Waals surface area contributed by atoms with Crippen molar-refractivity contribution in [1.82, 2.24) is 65.4 Å². The van der Waals surface area contributed by atoms with Crippen LogP contribution in [0.5, 0.6) is 0 Å². The lowest BCUT2D eigenvalue weighted by Crippen LogP contribution is -2.49. The number of fused-ring (bicyclic) bond motifs is 4. The largest absolute Gasteiger partial charge is 0.379 e. The molecule has 0 aliphatic carbocycles. The summed E-state index contributed by atoms with van der Waals surface area (Å²) in [5.74, 6) is -0.277. The molecule has 776 valence electrons. The third-order valence-electron chi connectivity index (χ3n) is 30.6. The molecule has 8 aromatic carbocycles. The number of piperazine rings is 1.